The number of nitrogens with one attached hydrogen (secondary N) is 2. The smallest absolute Gasteiger partial charge is 0.167 e. The molecule has 5 rings (SSSR count). The third-order valence-corrected chi connectivity index (χ3v) is 5.99. The van der Waals surface area contributed by atoms with Crippen molar-refractivity contribution < 1.29 is 18.3 Å². The Balaban J connectivity index is 1.48. The first-order chi connectivity index (χ1) is 15.1. The van der Waals surface area contributed by atoms with Crippen molar-refractivity contribution in [2.24, 2.45) is 0 Å². The Bertz CT molecular complexity index is 1180. The molecule has 2 atom stereocenters. The maximum Gasteiger partial charge on any atom is 0.167 e. The highest BCUT2D eigenvalue weighted by Crippen LogP contribution is 2.34. The average Bonchev–Trinajstić information content (AvgIpc) is 3.37. The van der Waals surface area contributed by atoms with Gasteiger partial charge in [0.1, 0.15) is 11.8 Å². The first kappa shape index (κ1) is 19.9. The highest BCUT2D eigenvalue weighted by molar-refractivity contribution is 5.84. The van der Waals surface area contributed by atoms with Crippen LogP contribution in [0.3, 0.4) is 0 Å². The Morgan fingerprint density at radius 1 is 1.23 bits per heavy atom. The van der Waals surface area contributed by atoms with Crippen LogP contribution in [0.25, 0.3) is 22.2 Å². The van der Waals surface area contributed by atoms with Crippen LogP contribution in [0.1, 0.15) is 11.6 Å². The number of aromatic amines is 1. The lowest BCUT2D eigenvalue weighted by Crippen LogP contribution is -2.43. The van der Waals surface area contributed by atoms with Gasteiger partial charge in [0.05, 0.1) is 19.3 Å². The van der Waals surface area contributed by atoms with E-state index in [0.29, 0.717) is 11.7 Å². The fourth-order valence-electron chi connectivity index (χ4n) is 4.02. The normalized spacial score (nSPS) is 22.0. The number of hydrogen-bond acceptors (Lipinski definition) is 5. The second-order valence-electron chi connectivity index (χ2n) is 7.81. The number of halogens is 2. The molecule has 1 aliphatic carbocycles. The first-order valence-corrected chi connectivity index (χ1v) is 10.1. The predicted molar refractivity (Wildman–Crippen MR) is 112 cm³/mol. The molecule has 3 aromatic heterocycles. The molecule has 4 heterocycles. The monoisotopic (exact) mass is 427 g/mol. The highest BCUT2D eigenvalue weighted by Gasteiger charge is 2.34. The van der Waals surface area contributed by atoms with Gasteiger partial charge in [-0.15, -0.1) is 0 Å². The van der Waals surface area contributed by atoms with Crippen LogP contribution in [0.15, 0.2) is 54.1 Å². The van der Waals surface area contributed by atoms with Crippen LogP contribution >= 0.6 is 0 Å². The Labute approximate surface area is 177 Å². The number of pyridine rings is 1. The molecule has 9 heteroatoms. The van der Waals surface area contributed by atoms with Crippen LogP contribution in [-0.2, 0) is 15.9 Å². The van der Waals surface area contributed by atoms with Gasteiger partial charge in [-0.25, -0.2) is 13.8 Å². The van der Waals surface area contributed by atoms with Crippen molar-refractivity contribution in [3.63, 3.8) is 0 Å². The molecule has 2 unspecified atom stereocenters. The van der Waals surface area contributed by atoms with Gasteiger partial charge in [-0.1, -0.05) is 0 Å². The van der Waals surface area contributed by atoms with Gasteiger partial charge in [-0.2, -0.15) is 5.10 Å². The molecule has 162 valence electrons. The Morgan fingerprint density at radius 3 is 2.77 bits per heavy atom. The summed E-state index contributed by atoms with van der Waals surface area (Å²) in [6, 6.07) is 2.34. The Hall–Kier alpha value is -3.04. The summed E-state index contributed by atoms with van der Waals surface area (Å²) < 4.78 is 42.0. The maximum absolute atomic E-state index is 15.0. The molecule has 1 saturated heterocycles. The zero-order valence-corrected chi connectivity index (χ0v) is 17.2. The number of nitrogens with zero attached hydrogens (tertiary/aromatic N) is 3. The van der Waals surface area contributed by atoms with Crippen LogP contribution < -0.4 is 5.32 Å². The molecule has 0 aromatic carbocycles. The van der Waals surface area contributed by atoms with E-state index in [1.54, 1.807) is 12.4 Å². The average molecular weight is 427 g/mol. The van der Waals surface area contributed by atoms with E-state index in [2.05, 4.69) is 20.4 Å². The van der Waals surface area contributed by atoms with Crippen molar-refractivity contribution in [1.29, 1.82) is 0 Å². The van der Waals surface area contributed by atoms with Gasteiger partial charge in [0.15, 0.2) is 17.8 Å². The van der Waals surface area contributed by atoms with E-state index in [-0.39, 0.29) is 17.8 Å². The Kier molecular flexibility index (Phi) is 5.07. The van der Waals surface area contributed by atoms with Crippen LogP contribution in [-0.4, -0.2) is 59.3 Å². The minimum absolute atomic E-state index is 0.00260. The van der Waals surface area contributed by atoms with Crippen molar-refractivity contribution in [3.05, 3.63) is 59.7 Å². The minimum Gasteiger partial charge on any atom is -0.494 e. The van der Waals surface area contributed by atoms with Gasteiger partial charge in [0.25, 0.3) is 0 Å². The van der Waals surface area contributed by atoms with Gasteiger partial charge in [0, 0.05) is 67.3 Å². The van der Waals surface area contributed by atoms with Gasteiger partial charge >= 0.3 is 0 Å². The molecule has 1 fully saturated rings. The zero-order valence-electron chi connectivity index (χ0n) is 17.2. The highest BCUT2D eigenvalue weighted by atomic mass is 19.1. The molecule has 0 bridgehead atoms. The van der Waals surface area contributed by atoms with Crippen molar-refractivity contribution >= 4 is 11.0 Å². The summed E-state index contributed by atoms with van der Waals surface area (Å²) in [4.78, 5) is 7.58. The number of alkyl halides is 1. The second-order valence-corrected chi connectivity index (χ2v) is 7.81. The van der Waals surface area contributed by atoms with Gasteiger partial charge in [-0.3, -0.25) is 4.68 Å². The molecule has 7 nitrogen and oxygen atoms in total. The summed E-state index contributed by atoms with van der Waals surface area (Å²) in [5.41, 5.74) is 3.26. The maximum atomic E-state index is 15.0. The number of hydrogen-bond donors (Lipinski definition) is 2. The van der Waals surface area contributed by atoms with Gasteiger partial charge in [-0.05, 0) is 17.7 Å². The lowest BCUT2D eigenvalue weighted by atomic mass is 9.92. The van der Waals surface area contributed by atoms with Crippen LogP contribution in [0.2, 0.25) is 0 Å². The van der Waals surface area contributed by atoms with E-state index in [1.165, 1.54) is 20.3 Å². The van der Waals surface area contributed by atoms with E-state index in [0.717, 1.165) is 35.2 Å². The molecule has 0 radical (unpaired) electrons. The SMILES string of the molecule is COC1=CC(OC)C(F)C(Cc2c[nH]c3ncc(-c4cnn(C5CNC5)c4)cc23)=C1F. The summed E-state index contributed by atoms with van der Waals surface area (Å²) in [5, 5.41) is 8.50. The largest absolute Gasteiger partial charge is 0.494 e. The number of rotatable bonds is 6. The number of allylic oxidation sites excluding steroid dienone is 1. The molecule has 2 N–H and O–H groups in total. The summed E-state index contributed by atoms with van der Waals surface area (Å²) in [6.45, 7) is 1.82. The number of ether oxygens (including phenoxy) is 2. The fraction of sp³-hybridized carbons (Fsp3) is 0.364. The molecular formula is C22H23F2N5O2. The van der Waals surface area contributed by atoms with E-state index in [9.17, 15) is 8.78 Å². The quantitative estimate of drug-likeness (QED) is 0.632. The van der Waals surface area contributed by atoms with Crippen molar-refractivity contribution in [3.8, 4) is 11.1 Å². The van der Waals surface area contributed by atoms with Crippen molar-refractivity contribution in [2.45, 2.75) is 24.7 Å². The summed E-state index contributed by atoms with van der Waals surface area (Å²) >= 11 is 0. The molecule has 2 aliphatic rings. The van der Waals surface area contributed by atoms with Crippen LogP contribution in [0, 0.1) is 0 Å². The van der Waals surface area contributed by atoms with Crippen molar-refractivity contribution in [1.82, 2.24) is 25.1 Å². The first-order valence-electron chi connectivity index (χ1n) is 10.1. The molecule has 0 saturated carbocycles. The number of fused-ring (bicyclic) bond motifs is 1. The third kappa shape index (κ3) is 3.43. The molecule has 1 aliphatic heterocycles. The molecule has 0 spiro atoms. The zero-order chi connectivity index (χ0) is 21.5. The molecule has 31 heavy (non-hydrogen) atoms. The van der Waals surface area contributed by atoms with Gasteiger partial charge < -0.3 is 19.8 Å². The number of aromatic nitrogens is 4. The Morgan fingerprint density at radius 2 is 2.06 bits per heavy atom. The van der Waals surface area contributed by atoms with E-state index >= 15 is 0 Å². The summed E-state index contributed by atoms with van der Waals surface area (Å²) in [6.07, 6.45) is 6.24. The summed E-state index contributed by atoms with van der Waals surface area (Å²) in [7, 11) is 2.75. The molecule has 3 aromatic rings. The van der Waals surface area contributed by atoms with E-state index in [4.69, 9.17) is 9.47 Å². The van der Waals surface area contributed by atoms with Gasteiger partial charge in [0.2, 0.25) is 0 Å². The van der Waals surface area contributed by atoms with Crippen LogP contribution in [0.5, 0.6) is 0 Å². The summed E-state index contributed by atoms with van der Waals surface area (Å²) in [5.74, 6) is -0.690. The minimum atomic E-state index is -1.60. The standard InChI is InChI=1S/C22H23F2N5O2/c1-30-18-5-19(31-2)21(24)17(20(18)23)4-13-7-27-22-16(13)3-12(6-26-22)14-8-28-29(11-14)15-9-25-10-15/h3,5-8,11,15,18,20,25H,4,9-10H2,1-2H3,(H,26,27). The lowest BCUT2D eigenvalue weighted by Gasteiger charge is -2.27. The van der Waals surface area contributed by atoms with Crippen LogP contribution in [0.4, 0.5) is 8.78 Å². The second kappa shape index (κ2) is 7.90. The third-order valence-electron chi connectivity index (χ3n) is 5.99. The fourth-order valence-corrected chi connectivity index (χ4v) is 4.02. The number of methoxy groups -OCH3 is 2. The predicted octanol–water partition coefficient (Wildman–Crippen LogP) is 3.23. The lowest BCUT2D eigenvalue weighted by molar-refractivity contribution is 0.0714. The molecular weight excluding hydrogens is 404 g/mol. The van der Waals surface area contributed by atoms with E-state index in [1.807, 2.05) is 23.1 Å². The van der Waals surface area contributed by atoms with Crippen molar-refractivity contribution in [2.75, 3.05) is 27.3 Å². The number of H-pyrrole nitrogens is 1. The molecule has 0 amide bonds. The van der Waals surface area contributed by atoms with E-state index < -0.39 is 18.1 Å². The topological polar surface area (TPSA) is 77.0 Å².